The number of carbonyl (C=O) groups is 2. The summed E-state index contributed by atoms with van der Waals surface area (Å²) in [5, 5.41) is 1.44. The number of carbonyl (C=O) groups excluding carboxylic acids is 2. The summed E-state index contributed by atoms with van der Waals surface area (Å²) in [5.41, 5.74) is 1.85. The number of amides is 2. The van der Waals surface area contributed by atoms with Crippen molar-refractivity contribution in [2.75, 3.05) is 12.3 Å². The van der Waals surface area contributed by atoms with Crippen LogP contribution >= 0.6 is 23.4 Å². The number of imide groups is 1. The number of likely N-dealkylation sites (tertiary alicyclic amines) is 1. The highest BCUT2D eigenvalue weighted by molar-refractivity contribution is 7.99. The van der Waals surface area contributed by atoms with Crippen LogP contribution in [0.2, 0.25) is 5.02 Å². The third-order valence-electron chi connectivity index (χ3n) is 3.82. The lowest BCUT2D eigenvalue weighted by Crippen LogP contribution is -2.33. The van der Waals surface area contributed by atoms with Gasteiger partial charge < -0.3 is 4.57 Å². The summed E-state index contributed by atoms with van der Waals surface area (Å²) < 4.78 is 2.11. The van der Waals surface area contributed by atoms with Gasteiger partial charge in [0.25, 0.3) is 0 Å². The highest BCUT2D eigenvalue weighted by Gasteiger charge is 2.26. The molecule has 5 nitrogen and oxygen atoms in total. The lowest BCUT2D eigenvalue weighted by Gasteiger charge is -2.13. The molecule has 0 atom stereocenters. The number of hydrogen-bond acceptors (Lipinski definition) is 4. The summed E-state index contributed by atoms with van der Waals surface area (Å²) in [5.74, 6) is 0.0297. The minimum Gasteiger partial charge on any atom is -0.319 e. The number of aryl methyl sites for hydroxylation is 1. The van der Waals surface area contributed by atoms with E-state index >= 15 is 0 Å². The van der Waals surface area contributed by atoms with E-state index in [1.54, 1.807) is 0 Å². The van der Waals surface area contributed by atoms with Gasteiger partial charge in [0, 0.05) is 24.5 Å². The van der Waals surface area contributed by atoms with Crippen LogP contribution in [0.25, 0.3) is 11.0 Å². The van der Waals surface area contributed by atoms with Crippen LogP contribution in [0.4, 0.5) is 0 Å². The molecule has 23 heavy (non-hydrogen) atoms. The highest BCUT2D eigenvalue weighted by atomic mass is 35.5. The Labute approximate surface area is 144 Å². The van der Waals surface area contributed by atoms with Crippen LogP contribution in [0, 0.1) is 0 Å². The maximum absolute atomic E-state index is 12.2. The zero-order valence-electron chi connectivity index (χ0n) is 12.9. The Hall–Kier alpha value is -1.53. The zero-order chi connectivity index (χ0) is 16.4. The van der Waals surface area contributed by atoms with Gasteiger partial charge in [0.15, 0.2) is 5.16 Å². The fourth-order valence-electron chi connectivity index (χ4n) is 2.75. The Morgan fingerprint density at radius 2 is 2.26 bits per heavy atom. The molecular formula is C16H18ClN3O2S. The molecule has 1 aromatic carbocycles. The van der Waals surface area contributed by atoms with Crippen molar-refractivity contribution in [1.29, 1.82) is 0 Å². The first-order chi connectivity index (χ1) is 11.1. The molecule has 0 saturated carbocycles. The fourth-order valence-corrected chi connectivity index (χ4v) is 3.83. The molecule has 1 fully saturated rings. The van der Waals surface area contributed by atoms with Crippen LogP contribution in [0.3, 0.4) is 0 Å². The first-order valence-electron chi connectivity index (χ1n) is 7.72. The van der Waals surface area contributed by atoms with E-state index in [2.05, 4.69) is 16.5 Å². The second kappa shape index (κ2) is 6.93. The van der Waals surface area contributed by atoms with Gasteiger partial charge in [-0.05, 0) is 31.0 Å². The molecule has 0 aliphatic carbocycles. The van der Waals surface area contributed by atoms with E-state index in [4.69, 9.17) is 11.6 Å². The van der Waals surface area contributed by atoms with Gasteiger partial charge >= 0.3 is 0 Å². The summed E-state index contributed by atoms with van der Waals surface area (Å²) in [4.78, 5) is 29.8. The molecule has 0 N–H and O–H groups in total. The molecule has 2 aromatic rings. The van der Waals surface area contributed by atoms with E-state index in [1.807, 2.05) is 18.2 Å². The van der Waals surface area contributed by atoms with Gasteiger partial charge in [0.1, 0.15) is 0 Å². The quantitative estimate of drug-likeness (QED) is 0.775. The molecule has 3 rings (SSSR count). The second-order valence-electron chi connectivity index (χ2n) is 5.51. The van der Waals surface area contributed by atoms with E-state index in [0.29, 0.717) is 18.0 Å². The Bertz CT molecular complexity index is 759. The molecule has 1 saturated heterocycles. The van der Waals surface area contributed by atoms with Crippen LogP contribution in [0.5, 0.6) is 0 Å². The second-order valence-corrected chi connectivity index (χ2v) is 6.89. The van der Waals surface area contributed by atoms with E-state index < -0.39 is 0 Å². The number of fused-ring (bicyclic) bond motifs is 1. The molecule has 0 bridgehead atoms. The zero-order valence-corrected chi connectivity index (χ0v) is 14.5. The van der Waals surface area contributed by atoms with Gasteiger partial charge in [0.05, 0.1) is 16.8 Å². The van der Waals surface area contributed by atoms with Gasteiger partial charge in [-0.2, -0.15) is 0 Å². The molecule has 0 unspecified atom stereocenters. The first kappa shape index (κ1) is 16.3. The third kappa shape index (κ3) is 3.38. The monoisotopic (exact) mass is 351 g/mol. The number of rotatable bonds is 5. The molecule has 1 aliphatic heterocycles. The van der Waals surface area contributed by atoms with Crippen molar-refractivity contribution in [3.63, 3.8) is 0 Å². The minimum atomic E-state index is -0.134. The number of nitrogens with zero attached hydrogens (tertiary/aromatic N) is 3. The maximum Gasteiger partial charge on any atom is 0.239 e. The van der Waals surface area contributed by atoms with E-state index in [-0.39, 0.29) is 17.6 Å². The maximum atomic E-state index is 12.2. The SMILES string of the molecule is CCCn1c(SCC(=O)N2CCCC2=O)nc2cc(Cl)ccc21. The van der Waals surface area contributed by atoms with Gasteiger partial charge in [-0.15, -0.1) is 0 Å². The molecule has 2 heterocycles. The van der Waals surface area contributed by atoms with Crippen molar-refractivity contribution >= 4 is 46.2 Å². The Morgan fingerprint density at radius 1 is 1.43 bits per heavy atom. The van der Waals surface area contributed by atoms with Crippen molar-refractivity contribution in [3.8, 4) is 0 Å². The Morgan fingerprint density at radius 3 is 2.96 bits per heavy atom. The standard InChI is InChI=1S/C16H18ClN3O2S/c1-2-7-19-13-6-5-11(17)9-12(13)18-16(19)23-10-15(22)20-8-3-4-14(20)21/h5-6,9H,2-4,7-8,10H2,1H3. The fraction of sp³-hybridized carbons (Fsp3) is 0.438. The summed E-state index contributed by atoms with van der Waals surface area (Å²) in [6, 6.07) is 5.63. The molecule has 0 radical (unpaired) electrons. The summed E-state index contributed by atoms with van der Waals surface area (Å²) in [6.45, 7) is 3.47. The van der Waals surface area contributed by atoms with Crippen LogP contribution in [0.1, 0.15) is 26.2 Å². The van der Waals surface area contributed by atoms with Crippen LogP contribution in [-0.2, 0) is 16.1 Å². The van der Waals surface area contributed by atoms with Crippen LogP contribution in [0.15, 0.2) is 23.4 Å². The lowest BCUT2D eigenvalue weighted by molar-refractivity contribution is -0.140. The Balaban J connectivity index is 1.80. The number of thioether (sulfide) groups is 1. The molecular weight excluding hydrogens is 334 g/mol. The third-order valence-corrected chi connectivity index (χ3v) is 5.02. The minimum absolute atomic E-state index is 0.0653. The predicted octanol–water partition coefficient (Wildman–Crippen LogP) is 3.34. The van der Waals surface area contributed by atoms with Crippen LogP contribution in [-0.4, -0.2) is 38.6 Å². The summed E-state index contributed by atoms with van der Waals surface area (Å²) in [6.07, 6.45) is 2.21. The van der Waals surface area contributed by atoms with Gasteiger partial charge in [-0.3, -0.25) is 14.5 Å². The highest BCUT2D eigenvalue weighted by Crippen LogP contribution is 2.27. The largest absolute Gasteiger partial charge is 0.319 e. The molecule has 2 amide bonds. The van der Waals surface area contributed by atoms with E-state index in [0.717, 1.165) is 35.6 Å². The normalized spacial score (nSPS) is 14.9. The molecule has 1 aromatic heterocycles. The lowest BCUT2D eigenvalue weighted by atomic mass is 10.3. The number of benzene rings is 1. The number of imidazole rings is 1. The average Bonchev–Trinajstić information content (AvgIpc) is 3.09. The summed E-state index contributed by atoms with van der Waals surface area (Å²) in [7, 11) is 0. The van der Waals surface area contributed by atoms with E-state index in [9.17, 15) is 9.59 Å². The number of aromatic nitrogens is 2. The van der Waals surface area contributed by atoms with Crippen molar-refractivity contribution in [2.45, 2.75) is 37.9 Å². The topological polar surface area (TPSA) is 55.2 Å². The summed E-state index contributed by atoms with van der Waals surface area (Å²) >= 11 is 7.41. The van der Waals surface area contributed by atoms with Crippen molar-refractivity contribution in [1.82, 2.24) is 14.5 Å². The molecule has 7 heteroatoms. The van der Waals surface area contributed by atoms with Crippen LogP contribution < -0.4 is 0 Å². The predicted molar refractivity (Wildman–Crippen MR) is 91.7 cm³/mol. The van der Waals surface area contributed by atoms with Gasteiger partial charge in [-0.25, -0.2) is 4.98 Å². The van der Waals surface area contributed by atoms with Crippen molar-refractivity contribution < 1.29 is 9.59 Å². The average molecular weight is 352 g/mol. The smallest absolute Gasteiger partial charge is 0.239 e. The van der Waals surface area contributed by atoms with Crippen molar-refractivity contribution in [2.24, 2.45) is 0 Å². The number of halogens is 1. The first-order valence-corrected chi connectivity index (χ1v) is 9.08. The molecule has 0 spiro atoms. The van der Waals surface area contributed by atoms with E-state index in [1.165, 1.54) is 16.7 Å². The van der Waals surface area contributed by atoms with Crippen molar-refractivity contribution in [3.05, 3.63) is 23.2 Å². The number of hydrogen-bond donors (Lipinski definition) is 0. The van der Waals surface area contributed by atoms with Gasteiger partial charge in [0.2, 0.25) is 11.8 Å². The Kier molecular flexibility index (Phi) is 4.92. The molecule has 122 valence electrons. The molecule has 1 aliphatic rings. The van der Waals surface area contributed by atoms with Gasteiger partial charge in [-0.1, -0.05) is 30.3 Å².